The molecule has 0 spiro atoms. The Morgan fingerprint density at radius 2 is 2.12 bits per heavy atom. The predicted molar refractivity (Wildman–Crippen MR) is 98.4 cm³/mol. The first-order valence-electron chi connectivity index (χ1n) is 8.07. The highest BCUT2D eigenvalue weighted by Gasteiger charge is 2.34. The summed E-state index contributed by atoms with van der Waals surface area (Å²) in [7, 11) is 0. The first kappa shape index (κ1) is 16.2. The van der Waals surface area contributed by atoms with Gasteiger partial charge in [-0.05, 0) is 30.2 Å². The zero-order chi connectivity index (χ0) is 16.8. The quantitative estimate of drug-likeness (QED) is 0.747. The molecule has 0 saturated heterocycles. The van der Waals surface area contributed by atoms with Crippen LogP contribution in [0.5, 0.6) is 0 Å². The summed E-state index contributed by atoms with van der Waals surface area (Å²) >= 11 is 13.8. The van der Waals surface area contributed by atoms with Crippen molar-refractivity contribution in [3.8, 4) is 0 Å². The van der Waals surface area contributed by atoms with Gasteiger partial charge in [0.15, 0.2) is 0 Å². The Labute approximate surface area is 154 Å². The number of carbonyl (C=O) groups is 1. The van der Waals surface area contributed by atoms with Crippen molar-refractivity contribution < 1.29 is 9.69 Å². The van der Waals surface area contributed by atoms with Crippen LogP contribution in [0.4, 0.5) is 5.00 Å². The van der Waals surface area contributed by atoms with Gasteiger partial charge in [0.25, 0.3) is 5.91 Å². The van der Waals surface area contributed by atoms with Crippen molar-refractivity contribution in [3.63, 3.8) is 0 Å². The number of carbonyl (C=O) groups excluding carboxylic acids is 1. The van der Waals surface area contributed by atoms with Crippen LogP contribution in [0.2, 0.25) is 10.0 Å². The summed E-state index contributed by atoms with van der Waals surface area (Å²) in [4.78, 5) is 15.6. The van der Waals surface area contributed by atoms with Crippen molar-refractivity contribution >= 4 is 45.4 Å². The van der Waals surface area contributed by atoms with Crippen molar-refractivity contribution in [2.45, 2.75) is 26.1 Å². The van der Waals surface area contributed by atoms with E-state index in [1.54, 1.807) is 28.4 Å². The normalized spacial score (nSPS) is 22.4. The Kier molecular flexibility index (Phi) is 4.21. The fourth-order valence-electron chi connectivity index (χ4n) is 3.41. The average Bonchev–Trinajstić information content (AvgIpc) is 2.95. The lowest BCUT2D eigenvalue weighted by atomic mass is 10.0. The van der Waals surface area contributed by atoms with Crippen molar-refractivity contribution in [3.05, 3.63) is 49.8 Å². The number of likely N-dealkylation sites (N-methyl/N-ethyl adjacent to an activating group) is 1. The standard InChI is InChI=1S/C17H17Cl2N3OS/c1-2-22-6-5-10-13(8-22)24-17-14(10)16(23)20-15(21-17)9-3-4-11(18)12(19)7-9/h3-4,7,15,21H,2,5-6,8H2,1H3,(H,20,23)/p+1/t15-/m0/s1. The molecular formula is C17H18Cl2N3OS+. The topological polar surface area (TPSA) is 45.6 Å². The SMILES string of the molecule is CC[NH+]1CCc2c(sc3c2C(=O)N[C@H](c2ccc(Cl)c(Cl)c2)N3)C1. The van der Waals surface area contributed by atoms with Gasteiger partial charge in [-0.25, -0.2) is 0 Å². The van der Waals surface area contributed by atoms with Crippen LogP contribution in [0.15, 0.2) is 18.2 Å². The average molecular weight is 383 g/mol. The summed E-state index contributed by atoms with van der Waals surface area (Å²) < 4.78 is 0. The van der Waals surface area contributed by atoms with E-state index in [1.807, 2.05) is 6.07 Å². The molecule has 2 aliphatic rings. The second kappa shape index (κ2) is 6.23. The largest absolute Gasteiger partial charge is 0.353 e. The van der Waals surface area contributed by atoms with E-state index in [4.69, 9.17) is 23.2 Å². The zero-order valence-electron chi connectivity index (χ0n) is 13.2. The van der Waals surface area contributed by atoms with E-state index in [1.165, 1.54) is 10.4 Å². The number of fused-ring (bicyclic) bond motifs is 3. The van der Waals surface area contributed by atoms with E-state index in [2.05, 4.69) is 17.6 Å². The Hall–Kier alpha value is -1.27. The Morgan fingerprint density at radius 3 is 2.88 bits per heavy atom. The van der Waals surface area contributed by atoms with E-state index in [0.29, 0.717) is 10.0 Å². The molecule has 2 aromatic rings. The third-order valence-corrected chi connectivity index (χ3v) is 6.69. The van der Waals surface area contributed by atoms with Crippen LogP contribution in [0, 0.1) is 0 Å². The second-order valence-corrected chi connectivity index (χ2v) is 8.13. The van der Waals surface area contributed by atoms with E-state index >= 15 is 0 Å². The molecule has 0 fully saturated rings. The highest BCUT2D eigenvalue weighted by molar-refractivity contribution is 7.16. The lowest BCUT2D eigenvalue weighted by Crippen LogP contribution is -3.11. The number of quaternary nitrogens is 1. The molecule has 1 aromatic carbocycles. The van der Waals surface area contributed by atoms with E-state index in [-0.39, 0.29) is 12.1 Å². The summed E-state index contributed by atoms with van der Waals surface area (Å²) in [6, 6.07) is 5.43. The second-order valence-electron chi connectivity index (χ2n) is 6.21. The monoisotopic (exact) mass is 382 g/mol. The molecule has 4 rings (SSSR count). The third kappa shape index (κ3) is 2.69. The molecule has 1 unspecified atom stereocenters. The van der Waals surface area contributed by atoms with Crippen molar-refractivity contribution in [2.75, 3.05) is 18.4 Å². The number of halogens is 2. The number of benzene rings is 1. The predicted octanol–water partition coefficient (Wildman–Crippen LogP) is 2.87. The molecule has 0 saturated carbocycles. The molecule has 3 N–H and O–H groups in total. The number of rotatable bonds is 2. The maximum atomic E-state index is 12.7. The van der Waals surface area contributed by atoms with Gasteiger partial charge in [-0.2, -0.15) is 0 Å². The molecule has 2 aliphatic heterocycles. The first-order chi connectivity index (χ1) is 11.6. The number of thiophene rings is 1. The van der Waals surface area contributed by atoms with Crippen LogP contribution in [-0.4, -0.2) is 19.0 Å². The van der Waals surface area contributed by atoms with Crippen molar-refractivity contribution in [2.24, 2.45) is 0 Å². The minimum Gasteiger partial charge on any atom is -0.353 e. The van der Waals surface area contributed by atoms with Gasteiger partial charge >= 0.3 is 0 Å². The lowest BCUT2D eigenvalue weighted by Gasteiger charge is -2.27. The van der Waals surface area contributed by atoms with Crippen molar-refractivity contribution in [1.82, 2.24) is 5.32 Å². The molecule has 0 radical (unpaired) electrons. The highest BCUT2D eigenvalue weighted by Crippen LogP contribution is 2.39. The maximum Gasteiger partial charge on any atom is 0.256 e. The summed E-state index contributed by atoms with van der Waals surface area (Å²) in [5, 5.41) is 8.47. The van der Waals surface area contributed by atoms with Crippen LogP contribution < -0.4 is 15.5 Å². The van der Waals surface area contributed by atoms with Gasteiger partial charge in [-0.1, -0.05) is 29.3 Å². The van der Waals surface area contributed by atoms with Crippen LogP contribution in [-0.2, 0) is 13.0 Å². The van der Waals surface area contributed by atoms with Gasteiger partial charge in [-0.15, -0.1) is 11.3 Å². The summed E-state index contributed by atoms with van der Waals surface area (Å²) in [5.74, 6) is -0.00253. The minimum atomic E-state index is -0.283. The van der Waals surface area contributed by atoms with Gasteiger partial charge < -0.3 is 15.5 Å². The van der Waals surface area contributed by atoms with Gasteiger partial charge in [0.05, 0.1) is 33.6 Å². The van der Waals surface area contributed by atoms with Crippen LogP contribution in [0.25, 0.3) is 0 Å². The third-order valence-electron chi connectivity index (χ3n) is 4.78. The lowest BCUT2D eigenvalue weighted by molar-refractivity contribution is -0.913. The molecule has 24 heavy (non-hydrogen) atoms. The van der Waals surface area contributed by atoms with Gasteiger partial charge in [0.1, 0.15) is 17.7 Å². The molecule has 1 amide bonds. The molecule has 1 aromatic heterocycles. The van der Waals surface area contributed by atoms with Gasteiger partial charge in [0.2, 0.25) is 0 Å². The van der Waals surface area contributed by atoms with Crippen molar-refractivity contribution in [1.29, 1.82) is 0 Å². The van der Waals surface area contributed by atoms with E-state index in [0.717, 1.165) is 42.2 Å². The highest BCUT2D eigenvalue weighted by atomic mass is 35.5. The number of anilines is 1. The van der Waals surface area contributed by atoms with Crippen LogP contribution >= 0.6 is 34.5 Å². The molecule has 0 bridgehead atoms. The number of hydrogen-bond donors (Lipinski definition) is 3. The molecule has 7 heteroatoms. The summed E-state index contributed by atoms with van der Waals surface area (Å²) in [5.41, 5.74) is 2.96. The van der Waals surface area contributed by atoms with Gasteiger partial charge in [-0.3, -0.25) is 4.79 Å². The minimum absolute atomic E-state index is 0.00253. The summed E-state index contributed by atoms with van der Waals surface area (Å²) in [6.45, 7) is 5.43. The number of nitrogens with one attached hydrogen (secondary N) is 3. The fraction of sp³-hybridized carbons (Fsp3) is 0.353. The molecule has 2 atom stereocenters. The fourth-order valence-corrected chi connectivity index (χ4v) is 5.06. The maximum absolute atomic E-state index is 12.7. The number of amides is 1. The smallest absolute Gasteiger partial charge is 0.256 e. The Balaban J connectivity index is 1.67. The molecule has 3 heterocycles. The molecular weight excluding hydrogens is 365 g/mol. The first-order valence-corrected chi connectivity index (χ1v) is 9.64. The molecule has 0 aliphatic carbocycles. The van der Waals surface area contributed by atoms with E-state index < -0.39 is 0 Å². The Bertz CT molecular complexity index is 820. The van der Waals surface area contributed by atoms with E-state index in [9.17, 15) is 4.79 Å². The van der Waals surface area contributed by atoms with Gasteiger partial charge in [0, 0.05) is 6.42 Å². The Morgan fingerprint density at radius 1 is 1.29 bits per heavy atom. The van der Waals surface area contributed by atoms with Crippen LogP contribution in [0.1, 0.15) is 39.5 Å². The van der Waals surface area contributed by atoms with Crippen LogP contribution in [0.3, 0.4) is 0 Å². The molecule has 4 nitrogen and oxygen atoms in total. The zero-order valence-corrected chi connectivity index (χ0v) is 15.5. The number of hydrogen-bond acceptors (Lipinski definition) is 3. The summed E-state index contributed by atoms with van der Waals surface area (Å²) in [6.07, 6.45) is 0.686. The molecule has 126 valence electrons.